The van der Waals surface area contributed by atoms with Crippen molar-refractivity contribution in [3.8, 4) is 5.75 Å². The Morgan fingerprint density at radius 2 is 2.00 bits per heavy atom. The van der Waals surface area contributed by atoms with Gasteiger partial charge in [0.15, 0.2) is 0 Å². The van der Waals surface area contributed by atoms with Crippen molar-refractivity contribution in [1.82, 2.24) is 10.4 Å². The third-order valence-corrected chi connectivity index (χ3v) is 3.10. The van der Waals surface area contributed by atoms with E-state index in [4.69, 9.17) is 16.3 Å². The van der Waals surface area contributed by atoms with Crippen LogP contribution < -0.4 is 10.2 Å². The van der Waals surface area contributed by atoms with Gasteiger partial charge in [-0.1, -0.05) is 32.4 Å². The molecule has 0 spiro atoms. The summed E-state index contributed by atoms with van der Waals surface area (Å²) in [6.45, 7) is 5.56. The molecule has 1 N–H and O–H groups in total. The summed E-state index contributed by atoms with van der Waals surface area (Å²) in [5.74, 6) is 0.499. The number of benzene rings is 1. The maximum atomic E-state index is 12.6. The number of ketones is 1. The molecule has 1 atom stereocenters. The van der Waals surface area contributed by atoms with Crippen molar-refractivity contribution >= 4 is 23.7 Å². The van der Waals surface area contributed by atoms with Gasteiger partial charge in [0.2, 0.25) is 12.0 Å². The Morgan fingerprint density at radius 1 is 1.33 bits per heavy atom. The third kappa shape index (κ3) is 3.98. The zero-order chi connectivity index (χ0) is 15.5. The normalized spacial score (nSPS) is 15.5. The lowest BCUT2D eigenvalue weighted by Gasteiger charge is -2.33. The minimum atomic E-state index is -0.820. The minimum absolute atomic E-state index is 0.0632. The number of halogens is 1. The largest absolute Gasteiger partial charge is 0.461 e. The fourth-order valence-electron chi connectivity index (χ4n) is 1.68. The average Bonchev–Trinajstić information content (AvgIpc) is 2.46. The molecule has 21 heavy (non-hydrogen) atoms. The van der Waals surface area contributed by atoms with Gasteiger partial charge in [-0.3, -0.25) is 10.2 Å². The summed E-state index contributed by atoms with van der Waals surface area (Å²) in [5.41, 5.74) is 2.39. The molecule has 0 radical (unpaired) electrons. The predicted molar refractivity (Wildman–Crippen MR) is 82.9 cm³/mol. The number of hydrogen-bond acceptors (Lipinski definition) is 5. The van der Waals surface area contributed by atoms with Crippen LogP contribution in [0.5, 0.6) is 5.75 Å². The summed E-state index contributed by atoms with van der Waals surface area (Å²) in [4.78, 5) is 16.6. The van der Waals surface area contributed by atoms with E-state index in [1.165, 1.54) is 11.3 Å². The van der Waals surface area contributed by atoms with Gasteiger partial charge in [-0.05, 0) is 24.3 Å². The monoisotopic (exact) mass is 307 g/mol. The molecule has 0 saturated heterocycles. The number of carbonyl (C=O) groups is 1. The minimum Gasteiger partial charge on any atom is -0.461 e. The summed E-state index contributed by atoms with van der Waals surface area (Å²) in [6.07, 6.45) is 3.93. The lowest BCUT2D eigenvalue weighted by atomic mass is 9.89. The standard InChI is InChI=1S/C15H18ClN3O2/c1-15(2,3)13(20)14(19-10-17-8-9-18-19)21-12-6-4-11(16)5-7-12/h4-10,14,18H,1-3H3. The smallest absolute Gasteiger partial charge is 0.250 e. The van der Waals surface area contributed by atoms with Crippen LogP contribution >= 0.6 is 11.6 Å². The molecule has 2 rings (SSSR count). The number of ether oxygens (including phenoxy) is 1. The van der Waals surface area contributed by atoms with Crippen LogP contribution in [0.15, 0.2) is 41.7 Å². The number of rotatable bonds is 4. The molecule has 6 heteroatoms. The van der Waals surface area contributed by atoms with Crippen LogP contribution in [0.1, 0.15) is 20.8 Å². The van der Waals surface area contributed by atoms with E-state index in [0.29, 0.717) is 10.8 Å². The van der Waals surface area contributed by atoms with E-state index in [0.717, 1.165) is 0 Å². The van der Waals surface area contributed by atoms with Crippen LogP contribution in [0.2, 0.25) is 5.02 Å². The Balaban J connectivity index is 2.23. The van der Waals surface area contributed by atoms with E-state index in [1.807, 2.05) is 20.8 Å². The molecule has 0 aliphatic carbocycles. The van der Waals surface area contributed by atoms with Gasteiger partial charge in [-0.25, -0.2) is 10.0 Å². The van der Waals surface area contributed by atoms with E-state index >= 15 is 0 Å². The zero-order valence-electron chi connectivity index (χ0n) is 12.2. The fraction of sp³-hybridized carbons (Fsp3) is 0.333. The second-order valence-electron chi connectivity index (χ2n) is 5.66. The summed E-state index contributed by atoms with van der Waals surface area (Å²) in [5, 5.41) is 2.14. The van der Waals surface area contributed by atoms with Gasteiger partial charge in [0.25, 0.3) is 0 Å². The number of nitrogens with zero attached hydrogens (tertiary/aromatic N) is 2. The maximum absolute atomic E-state index is 12.6. The van der Waals surface area contributed by atoms with Gasteiger partial charge in [0, 0.05) is 22.8 Å². The predicted octanol–water partition coefficient (Wildman–Crippen LogP) is 2.98. The zero-order valence-corrected chi connectivity index (χ0v) is 13.0. The quantitative estimate of drug-likeness (QED) is 0.929. The van der Waals surface area contributed by atoms with Gasteiger partial charge >= 0.3 is 0 Å². The molecule has 1 aromatic carbocycles. The van der Waals surface area contributed by atoms with Crippen LogP contribution in [-0.2, 0) is 4.79 Å². The maximum Gasteiger partial charge on any atom is 0.250 e. The van der Waals surface area contributed by atoms with Crippen molar-refractivity contribution in [3.05, 3.63) is 41.7 Å². The number of nitrogens with one attached hydrogen (secondary N) is 1. The van der Waals surface area contributed by atoms with Crippen LogP contribution in [0, 0.1) is 5.41 Å². The molecule has 0 bridgehead atoms. The molecule has 112 valence electrons. The van der Waals surface area contributed by atoms with E-state index in [1.54, 1.807) is 36.7 Å². The number of carbonyl (C=O) groups excluding carboxylic acids is 1. The van der Waals surface area contributed by atoms with Crippen molar-refractivity contribution in [2.24, 2.45) is 10.4 Å². The Hall–Kier alpha value is -2.01. The lowest BCUT2D eigenvalue weighted by molar-refractivity contribution is -0.140. The van der Waals surface area contributed by atoms with E-state index in [-0.39, 0.29) is 5.78 Å². The highest BCUT2D eigenvalue weighted by Crippen LogP contribution is 2.23. The van der Waals surface area contributed by atoms with Gasteiger partial charge in [0.1, 0.15) is 12.1 Å². The Bertz CT molecular complexity index is 561. The molecule has 1 aliphatic rings. The van der Waals surface area contributed by atoms with Crippen LogP contribution in [0.4, 0.5) is 0 Å². The number of Topliss-reactive ketones (excluding diaryl/α,β-unsaturated/α-hetero) is 1. The highest BCUT2D eigenvalue weighted by molar-refractivity contribution is 6.30. The first-order chi connectivity index (χ1) is 9.88. The van der Waals surface area contributed by atoms with Crippen molar-refractivity contribution in [2.75, 3.05) is 0 Å². The number of hydrogen-bond donors (Lipinski definition) is 1. The highest BCUT2D eigenvalue weighted by Gasteiger charge is 2.35. The molecule has 1 aromatic rings. The molecule has 0 saturated carbocycles. The van der Waals surface area contributed by atoms with Crippen molar-refractivity contribution in [3.63, 3.8) is 0 Å². The molecule has 0 aromatic heterocycles. The van der Waals surface area contributed by atoms with Gasteiger partial charge in [-0.2, -0.15) is 0 Å². The van der Waals surface area contributed by atoms with Crippen LogP contribution in [-0.4, -0.2) is 23.4 Å². The first-order valence-electron chi connectivity index (χ1n) is 6.57. The Morgan fingerprint density at radius 3 is 2.52 bits per heavy atom. The summed E-state index contributed by atoms with van der Waals surface area (Å²) in [7, 11) is 0. The van der Waals surface area contributed by atoms with Gasteiger partial charge in [0.05, 0.1) is 0 Å². The SMILES string of the molecule is CC(C)(C)C(=O)C(Oc1ccc(Cl)cc1)N1C=NC=CN1. The van der Waals surface area contributed by atoms with Crippen molar-refractivity contribution < 1.29 is 9.53 Å². The van der Waals surface area contributed by atoms with Crippen LogP contribution in [0.3, 0.4) is 0 Å². The van der Waals surface area contributed by atoms with E-state index in [9.17, 15) is 4.79 Å². The van der Waals surface area contributed by atoms with Gasteiger partial charge in [-0.15, -0.1) is 0 Å². The topological polar surface area (TPSA) is 53.9 Å². The summed E-state index contributed by atoms with van der Waals surface area (Å²) < 4.78 is 5.83. The van der Waals surface area contributed by atoms with Crippen molar-refractivity contribution in [2.45, 2.75) is 27.0 Å². The number of aliphatic imine (C=N–C) groups is 1. The Kier molecular flexibility index (Phi) is 4.53. The number of hydrazine groups is 1. The molecule has 1 aliphatic heterocycles. The molecular weight excluding hydrogens is 290 g/mol. The molecule has 0 fully saturated rings. The third-order valence-electron chi connectivity index (χ3n) is 2.85. The van der Waals surface area contributed by atoms with E-state index in [2.05, 4.69) is 10.4 Å². The molecule has 1 heterocycles. The second-order valence-corrected chi connectivity index (χ2v) is 6.09. The van der Waals surface area contributed by atoms with E-state index < -0.39 is 11.6 Å². The first-order valence-corrected chi connectivity index (χ1v) is 6.95. The second kappa shape index (κ2) is 6.18. The summed E-state index contributed by atoms with van der Waals surface area (Å²) in [6, 6.07) is 6.88. The first kappa shape index (κ1) is 15.4. The molecule has 5 nitrogen and oxygen atoms in total. The Labute approximate surface area is 129 Å². The summed E-state index contributed by atoms with van der Waals surface area (Å²) >= 11 is 5.86. The average molecular weight is 308 g/mol. The van der Waals surface area contributed by atoms with Crippen molar-refractivity contribution in [1.29, 1.82) is 0 Å². The molecule has 1 unspecified atom stereocenters. The molecular formula is C15H18ClN3O2. The lowest BCUT2D eigenvalue weighted by Crippen LogP contribution is -2.53. The van der Waals surface area contributed by atoms with Gasteiger partial charge < -0.3 is 4.74 Å². The molecule has 0 amide bonds. The fourth-order valence-corrected chi connectivity index (χ4v) is 1.81. The van der Waals surface area contributed by atoms with Crippen LogP contribution in [0.25, 0.3) is 0 Å². The highest BCUT2D eigenvalue weighted by atomic mass is 35.5.